The summed E-state index contributed by atoms with van der Waals surface area (Å²) in [6.45, 7) is 2.27. The molecule has 1 atom stereocenters. The third-order valence-electron chi connectivity index (χ3n) is 3.35. The van der Waals surface area contributed by atoms with Crippen LogP contribution in [-0.4, -0.2) is 47.0 Å². The first-order valence-corrected chi connectivity index (χ1v) is 7.22. The van der Waals surface area contributed by atoms with E-state index in [0.29, 0.717) is 19.1 Å². The van der Waals surface area contributed by atoms with Gasteiger partial charge in [0.2, 0.25) is 0 Å². The van der Waals surface area contributed by atoms with Crippen molar-refractivity contribution in [2.24, 2.45) is 0 Å². The summed E-state index contributed by atoms with van der Waals surface area (Å²) < 4.78 is 5.28. The molecule has 0 fully saturated rings. The largest absolute Gasteiger partial charge is 0.507 e. The molecule has 0 heterocycles. The number of carbonyl (C=O) groups is 1. The van der Waals surface area contributed by atoms with Gasteiger partial charge in [0.25, 0.3) is 0 Å². The molecular formula is C16H24O5. The Morgan fingerprint density at radius 1 is 1.38 bits per heavy atom. The van der Waals surface area contributed by atoms with Crippen molar-refractivity contribution in [3.05, 3.63) is 29.3 Å². The summed E-state index contributed by atoms with van der Waals surface area (Å²) in [5.74, 6) is -0.0672. The van der Waals surface area contributed by atoms with Gasteiger partial charge in [-0.3, -0.25) is 4.79 Å². The number of benzene rings is 1. The minimum atomic E-state index is -1.04. The van der Waals surface area contributed by atoms with Gasteiger partial charge in [-0.25, -0.2) is 0 Å². The Morgan fingerprint density at radius 3 is 2.76 bits per heavy atom. The first-order chi connectivity index (χ1) is 10.0. The van der Waals surface area contributed by atoms with Crippen molar-refractivity contribution in [3.8, 4) is 5.75 Å². The van der Waals surface area contributed by atoms with E-state index in [0.717, 1.165) is 18.4 Å². The van der Waals surface area contributed by atoms with Gasteiger partial charge in [0, 0.05) is 6.42 Å². The zero-order valence-corrected chi connectivity index (χ0v) is 12.4. The second-order valence-corrected chi connectivity index (χ2v) is 5.29. The van der Waals surface area contributed by atoms with E-state index in [4.69, 9.17) is 9.84 Å². The fourth-order valence-corrected chi connectivity index (χ4v) is 2.23. The highest BCUT2D eigenvalue weighted by Gasteiger charge is 2.27. The average Bonchev–Trinajstić information content (AvgIpc) is 2.47. The highest BCUT2D eigenvalue weighted by atomic mass is 16.5. The molecule has 0 aliphatic heterocycles. The fraction of sp³-hybridized carbons (Fsp3) is 0.562. The van der Waals surface area contributed by atoms with E-state index in [1.807, 2.05) is 6.92 Å². The molecule has 0 saturated heterocycles. The minimum absolute atomic E-state index is 0.0672. The number of aliphatic hydroxyl groups is 2. The number of aromatic hydroxyl groups is 1. The molecule has 0 aliphatic rings. The first-order valence-electron chi connectivity index (χ1n) is 7.22. The minimum Gasteiger partial charge on any atom is -0.507 e. The van der Waals surface area contributed by atoms with Gasteiger partial charge in [-0.1, -0.05) is 25.8 Å². The maximum absolute atomic E-state index is 10.9. The molecule has 1 aromatic carbocycles. The Hall–Kier alpha value is -1.43. The number of carbonyl (C=O) groups excluding carboxylic acids is 1. The van der Waals surface area contributed by atoms with Crippen LogP contribution in [0.3, 0.4) is 0 Å². The number of phenols is 1. The van der Waals surface area contributed by atoms with Gasteiger partial charge in [-0.15, -0.1) is 0 Å². The molecule has 0 saturated carbocycles. The maximum Gasteiger partial charge on any atom is 0.153 e. The Balaban J connectivity index is 2.81. The van der Waals surface area contributed by atoms with Crippen molar-refractivity contribution in [1.29, 1.82) is 0 Å². The zero-order chi connectivity index (χ0) is 15.7. The van der Waals surface area contributed by atoms with Gasteiger partial charge >= 0.3 is 0 Å². The van der Waals surface area contributed by atoms with E-state index in [1.165, 1.54) is 6.07 Å². The predicted molar refractivity (Wildman–Crippen MR) is 79.6 cm³/mol. The molecule has 5 nitrogen and oxygen atoms in total. The smallest absolute Gasteiger partial charge is 0.153 e. The average molecular weight is 296 g/mol. The molecule has 0 aliphatic carbocycles. The second kappa shape index (κ2) is 8.77. The van der Waals surface area contributed by atoms with E-state index < -0.39 is 5.60 Å². The summed E-state index contributed by atoms with van der Waals surface area (Å²) in [4.78, 5) is 10.9. The van der Waals surface area contributed by atoms with E-state index >= 15 is 0 Å². The molecule has 3 N–H and O–H groups in total. The molecule has 0 bridgehead atoms. The van der Waals surface area contributed by atoms with Crippen molar-refractivity contribution < 1.29 is 24.9 Å². The lowest BCUT2D eigenvalue weighted by atomic mass is 9.89. The third kappa shape index (κ3) is 5.83. The van der Waals surface area contributed by atoms with E-state index in [-0.39, 0.29) is 31.1 Å². The number of rotatable bonds is 10. The summed E-state index contributed by atoms with van der Waals surface area (Å²) in [6.07, 6.45) is 3.31. The number of aldehydes is 1. The summed E-state index contributed by atoms with van der Waals surface area (Å²) >= 11 is 0. The Morgan fingerprint density at radius 2 is 2.14 bits per heavy atom. The molecule has 5 heteroatoms. The van der Waals surface area contributed by atoms with Gasteiger partial charge in [0.05, 0.1) is 31.0 Å². The highest BCUT2D eigenvalue weighted by Crippen LogP contribution is 2.24. The van der Waals surface area contributed by atoms with E-state index in [2.05, 4.69) is 0 Å². The van der Waals surface area contributed by atoms with Gasteiger partial charge < -0.3 is 20.1 Å². The SMILES string of the molecule is CCCCC(O)(COCCO)Cc1ccc(O)c(C=O)c1. The lowest BCUT2D eigenvalue weighted by Gasteiger charge is -2.28. The topological polar surface area (TPSA) is 87.0 Å². The maximum atomic E-state index is 10.9. The fourth-order valence-electron chi connectivity index (χ4n) is 2.23. The number of phenolic OH excluding ortho intramolecular Hbond substituents is 1. The predicted octanol–water partition coefficient (Wildman–Crippen LogP) is 1.68. The number of unbranched alkanes of at least 4 members (excludes halogenated alkanes) is 1. The second-order valence-electron chi connectivity index (χ2n) is 5.29. The van der Waals surface area contributed by atoms with Crippen molar-refractivity contribution in [3.63, 3.8) is 0 Å². The van der Waals surface area contributed by atoms with Crippen molar-refractivity contribution >= 4 is 6.29 Å². The quantitative estimate of drug-likeness (QED) is 0.452. The zero-order valence-electron chi connectivity index (χ0n) is 12.4. The number of aliphatic hydroxyl groups excluding tert-OH is 1. The molecule has 1 aromatic rings. The molecule has 1 rings (SSSR count). The van der Waals surface area contributed by atoms with Crippen LogP contribution in [0.15, 0.2) is 18.2 Å². The van der Waals surface area contributed by atoms with Crippen LogP contribution in [0.5, 0.6) is 5.75 Å². The molecule has 118 valence electrons. The highest BCUT2D eigenvalue weighted by molar-refractivity contribution is 5.79. The van der Waals surface area contributed by atoms with Crippen LogP contribution in [0, 0.1) is 0 Å². The molecule has 21 heavy (non-hydrogen) atoms. The van der Waals surface area contributed by atoms with Crippen LogP contribution in [0.25, 0.3) is 0 Å². The van der Waals surface area contributed by atoms with Crippen molar-refractivity contribution in [2.75, 3.05) is 19.8 Å². The summed E-state index contributed by atoms with van der Waals surface area (Å²) in [5, 5.41) is 29.0. The summed E-state index contributed by atoms with van der Waals surface area (Å²) in [7, 11) is 0. The standard InChI is InChI=1S/C16H24O5/c1-2-3-6-16(20,12-21-8-7-17)10-13-4-5-15(19)14(9-13)11-18/h4-5,9,11,17,19-20H,2-3,6-8,10,12H2,1H3. The van der Waals surface area contributed by atoms with Crippen LogP contribution in [0.4, 0.5) is 0 Å². The van der Waals surface area contributed by atoms with E-state index in [9.17, 15) is 15.0 Å². The van der Waals surface area contributed by atoms with Crippen molar-refractivity contribution in [1.82, 2.24) is 0 Å². The lowest BCUT2D eigenvalue weighted by molar-refractivity contribution is -0.0582. The third-order valence-corrected chi connectivity index (χ3v) is 3.35. The van der Waals surface area contributed by atoms with Gasteiger partial charge in [0.15, 0.2) is 6.29 Å². The summed E-state index contributed by atoms with van der Waals surface area (Å²) in [6, 6.07) is 4.71. The molecule has 0 amide bonds. The van der Waals surface area contributed by atoms with Crippen LogP contribution in [0.1, 0.15) is 42.1 Å². The molecule has 1 unspecified atom stereocenters. The number of hydrogen-bond donors (Lipinski definition) is 3. The molecule has 0 aromatic heterocycles. The lowest BCUT2D eigenvalue weighted by Crippen LogP contribution is -2.37. The number of hydrogen-bond acceptors (Lipinski definition) is 5. The van der Waals surface area contributed by atoms with Gasteiger partial charge in [0.1, 0.15) is 5.75 Å². The Kier molecular flexibility index (Phi) is 7.36. The molecular weight excluding hydrogens is 272 g/mol. The van der Waals surface area contributed by atoms with E-state index in [1.54, 1.807) is 12.1 Å². The monoisotopic (exact) mass is 296 g/mol. The van der Waals surface area contributed by atoms with Gasteiger partial charge in [-0.05, 0) is 24.1 Å². The first kappa shape index (κ1) is 17.6. The molecule has 0 radical (unpaired) electrons. The molecule has 0 spiro atoms. The van der Waals surface area contributed by atoms with Crippen LogP contribution < -0.4 is 0 Å². The Bertz CT molecular complexity index is 446. The van der Waals surface area contributed by atoms with Crippen LogP contribution >= 0.6 is 0 Å². The van der Waals surface area contributed by atoms with Crippen LogP contribution in [0.2, 0.25) is 0 Å². The number of ether oxygens (including phenoxy) is 1. The summed E-state index contributed by atoms with van der Waals surface area (Å²) in [5.41, 5.74) is -0.0646. The normalized spacial score (nSPS) is 13.9. The van der Waals surface area contributed by atoms with Gasteiger partial charge in [-0.2, -0.15) is 0 Å². The van der Waals surface area contributed by atoms with Crippen molar-refractivity contribution in [2.45, 2.75) is 38.2 Å². The Labute approximate surface area is 125 Å². The van der Waals surface area contributed by atoms with Crippen LogP contribution in [-0.2, 0) is 11.2 Å².